The molecule has 0 bridgehead atoms. The summed E-state index contributed by atoms with van der Waals surface area (Å²) in [7, 11) is 0. The van der Waals surface area contributed by atoms with E-state index >= 15 is 0 Å². The first kappa shape index (κ1) is 14.4. The highest BCUT2D eigenvalue weighted by Crippen LogP contribution is 2.33. The summed E-state index contributed by atoms with van der Waals surface area (Å²) in [6.45, 7) is 2.02. The summed E-state index contributed by atoms with van der Waals surface area (Å²) < 4.78 is 5.38. The van der Waals surface area contributed by atoms with Crippen LogP contribution in [0.25, 0.3) is 11.0 Å². The van der Waals surface area contributed by atoms with Gasteiger partial charge >= 0.3 is 5.63 Å². The van der Waals surface area contributed by atoms with E-state index in [-0.39, 0.29) is 11.7 Å². The number of fused-ring (bicyclic) bond motifs is 1. The van der Waals surface area contributed by atoms with Crippen LogP contribution in [0.3, 0.4) is 0 Å². The Labute approximate surface area is 128 Å². The van der Waals surface area contributed by atoms with E-state index in [1.165, 1.54) is 0 Å². The van der Waals surface area contributed by atoms with Gasteiger partial charge in [-0.05, 0) is 36.5 Å². The van der Waals surface area contributed by atoms with Crippen LogP contribution in [0.2, 0.25) is 0 Å². The molecule has 0 saturated carbocycles. The quantitative estimate of drug-likeness (QED) is 0.732. The Bertz CT molecular complexity index is 834. The maximum atomic E-state index is 12.3. The minimum atomic E-state index is -0.445. The molecule has 1 heterocycles. The first-order valence-electron chi connectivity index (χ1n) is 7.49. The van der Waals surface area contributed by atoms with Crippen LogP contribution in [0, 0.1) is 0 Å². The lowest BCUT2D eigenvalue weighted by atomic mass is 9.89. The molecule has 22 heavy (non-hydrogen) atoms. The summed E-state index contributed by atoms with van der Waals surface area (Å²) in [6.07, 6.45) is 1.46. The Morgan fingerprint density at radius 2 is 1.73 bits per heavy atom. The fourth-order valence-electron chi connectivity index (χ4n) is 2.86. The molecule has 1 N–H and O–H groups in total. The first-order chi connectivity index (χ1) is 10.7. The summed E-state index contributed by atoms with van der Waals surface area (Å²) in [5, 5.41) is 11.1. The van der Waals surface area contributed by atoms with Crippen molar-refractivity contribution in [2.45, 2.75) is 25.7 Å². The van der Waals surface area contributed by atoms with E-state index in [9.17, 15) is 9.90 Å². The highest BCUT2D eigenvalue weighted by atomic mass is 16.4. The van der Waals surface area contributed by atoms with Crippen LogP contribution in [-0.4, -0.2) is 5.11 Å². The first-order valence-corrected chi connectivity index (χ1v) is 7.49. The molecule has 3 aromatic rings. The predicted octanol–water partition coefficient (Wildman–Crippen LogP) is 4.23. The van der Waals surface area contributed by atoms with Crippen molar-refractivity contribution >= 4 is 11.0 Å². The van der Waals surface area contributed by atoms with Gasteiger partial charge in [-0.3, -0.25) is 0 Å². The summed E-state index contributed by atoms with van der Waals surface area (Å²) in [4.78, 5) is 12.3. The molecule has 2 aromatic carbocycles. The van der Waals surface area contributed by atoms with E-state index in [4.69, 9.17) is 4.42 Å². The maximum absolute atomic E-state index is 12.3. The van der Waals surface area contributed by atoms with Crippen molar-refractivity contribution in [3.05, 3.63) is 76.1 Å². The lowest BCUT2D eigenvalue weighted by molar-refractivity contribution is 0.442. The van der Waals surface area contributed by atoms with Gasteiger partial charge in [-0.2, -0.15) is 0 Å². The zero-order chi connectivity index (χ0) is 15.5. The molecule has 0 saturated heterocycles. The van der Waals surface area contributed by atoms with E-state index in [1.54, 1.807) is 18.2 Å². The van der Waals surface area contributed by atoms with Crippen molar-refractivity contribution in [3.63, 3.8) is 0 Å². The van der Waals surface area contributed by atoms with E-state index in [0.717, 1.165) is 12.0 Å². The highest BCUT2D eigenvalue weighted by Gasteiger charge is 2.22. The largest absolute Gasteiger partial charge is 0.507 e. The molecule has 0 fully saturated rings. The average Bonchev–Trinajstić information content (AvgIpc) is 2.55. The van der Waals surface area contributed by atoms with Gasteiger partial charge in [-0.15, -0.1) is 0 Å². The Balaban J connectivity index is 2.09. The van der Waals surface area contributed by atoms with Gasteiger partial charge < -0.3 is 9.52 Å². The lowest BCUT2D eigenvalue weighted by Gasteiger charge is -2.16. The lowest BCUT2D eigenvalue weighted by Crippen LogP contribution is -2.14. The maximum Gasteiger partial charge on any atom is 0.343 e. The highest BCUT2D eigenvalue weighted by molar-refractivity contribution is 5.84. The zero-order valence-electron chi connectivity index (χ0n) is 12.5. The molecule has 0 aliphatic rings. The molecule has 3 rings (SSSR count). The van der Waals surface area contributed by atoms with Gasteiger partial charge in [-0.25, -0.2) is 4.79 Å². The molecule has 0 radical (unpaired) electrons. The van der Waals surface area contributed by atoms with Gasteiger partial charge in [0.15, 0.2) is 0 Å². The van der Waals surface area contributed by atoms with Crippen molar-refractivity contribution in [2.24, 2.45) is 0 Å². The molecular formula is C19H18O3. The molecule has 3 heteroatoms. The second-order valence-corrected chi connectivity index (χ2v) is 5.44. The molecule has 0 aliphatic carbocycles. The van der Waals surface area contributed by atoms with Crippen LogP contribution in [0.15, 0.2) is 63.8 Å². The predicted molar refractivity (Wildman–Crippen MR) is 87.3 cm³/mol. The van der Waals surface area contributed by atoms with Crippen molar-refractivity contribution in [1.82, 2.24) is 0 Å². The monoisotopic (exact) mass is 294 g/mol. The van der Waals surface area contributed by atoms with Crippen LogP contribution in [0.1, 0.15) is 30.4 Å². The third kappa shape index (κ3) is 2.62. The third-order valence-electron chi connectivity index (χ3n) is 4.05. The van der Waals surface area contributed by atoms with Gasteiger partial charge in [-0.1, -0.05) is 49.4 Å². The summed E-state index contributed by atoms with van der Waals surface area (Å²) in [5.41, 5.74) is 1.49. The fraction of sp³-hybridized carbons (Fsp3) is 0.211. The van der Waals surface area contributed by atoms with Gasteiger partial charge in [0.2, 0.25) is 0 Å². The standard InChI is InChI=1S/C19H18O3/c1-2-14(12-13-8-4-3-5-9-13)17-18(20)15-10-6-7-11-16(15)22-19(17)21/h3-11,14,20H,2,12H2,1H3. The molecule has 3 nitrogen and oxygen atoms in total. The SMILES string of the molecule is CCC(Cc1ccccc1)c1c(O)c2ccccc2oc1=O. The summed E-state index contributed by atoms with van der Waals surface area (Å²) in [5.74, 6) is -0.0158. The van der Waals surface area contributed by atoms with Crippen molar-refractivity contribution in [2.75, 3.05) is 0 Å². The number of benzene rings is 2. The Kier molecular flexibility index (Phi) is 3.96. The second kappa shape index (κ2) is 6.06. The van der Waals surface area contributed by atoms with Crippen LogP contribution >= 0.6 is 0 Å². The van der Waals surface area contributed by atoms with Gasteiger partial charge in [0.1, 0.15) is 11.3 Å². The average molecular weight is 294 g/mol. The number of hydrogen-bond acceptors (Lipinski definition) is 3. The zero-order valence-corrected chi connectivity index (χ0v) is 12.5. The second-order valence-electron chi connectivity index (χ2n) is 5.44. The molecule has 0 aliphatic heterocycles. The van der Waals surface area contributed by atoms with Crippen LogP contribution < -0.4 is 5.63 Å². The van der Waals surface area contributed by atoms with Crippen LogP contribution in [-0.2, 0) is 6.42 Å². The van der Waals surface area contributed by atoms with Crippen molar-refractivity contribution < 1.29 is 9.52 Å². The molecule has 1 atom stereocenters. The molecule has 1 unspecified atom stereocenters. The van der Waals surface area contributed by atoms with E-state index in [1.807, 2.05) is 43.3 Å². The minimum Gasteiger partial charge on any atom is -0.507 e. The van der Waals surface area contributed by atoms with Crippen molar-refractivity contribution in [1.29, 1.82) is 0 Å². The third-order valence-corrected chi connectivity index (χ3v) is 4.05. The number of hydrogen-bond donors (Lipinski definition) is 1. The Morgan fingerprint density at radius 3 is 2.45 bits per heavy atom. The van der Waals surface area contributed by atoms with Gasteiger partial charge in [0, 0.05) is 0 Å². The molecule has 112 valence electrons. The van der Waals surface area contributed by atoms with E-state index in [2.05, 4.69) is 0 Å². The fourth-order valence-corrected chi connectivity index (χ4v) is 2.86. The van der Waals surface area contributed by atoms with Crippen LogP contribution in [0.4, 0.5) is 0 Å². The number of para-hydroxylation sites is 1. The Hall–Kier alpha value is -2.55. The van der Waals surface area contributed by atoms with E-state index < -0.39 is 5.63 Å². The van der Waals surface area contributed by atoms with Crippen molar-refractivity contribution in [3.8, 4) is 5.75 Å². The summed E-state index contributed by atoms with van der Waals surface area (Å²) in [6, 6.07) is 17.0. The topological polar surface area (TPSA) is 50.4 Å². The molecule has 0 spiro atoms. The normalized spacial score (nSPS) is 12.4. The molecule has 0 amide bonds. The summed E-state index contributed by atoms with van der Waals surface area (Å²) >= 11 is 0. The molecular weight excluding hydrogens is 276 g/mol. The molecule has 1 aromatic heterocycles. The Morgan fingerprint density at radius 1 is 1.05 bits per heavy atom. The van der Waals surface area contributed by atoms with Gasteiger partial charge in [0.05, 0.1) is 10.9 Å². The number of aromatic hydroxyl groups is 1. The van der Waals surface area contributed by atoms with Gasteiger partial charge in [0.25, 0.3) is 0 Å². The number of rotatable bonds is 4. The van der Waals surface area contributed by atoms with E-state index in [0.29, 0.717) is 23.0 Å². The smallest absolute Gasteiger partial charge is 0.343 e. The minimum absolute atomic E-state index is 0.0506. The van der Waals surface area contributed by atoms with Crippen LogP contribution in [0.5, 0.6) is 5.75 Å².